The highest BCUT2D eigenvalue weighted by Crippen LogP contribution is 2.08. The number of benzene rings is 1. The molecule has 1 aromatic rings. The van der Waals surface area contributed by atoms with E-state index in [0.717, 1.165) is 5.56 Å². The maximum absolute atomic E-state index is 12.7. The maximum Gasteiger partial charge on any atom is 0.222 e. The zero-order valence-electron chi connectivity index (χ0n) is 11.4. The van der Waals surface area contributed by atoms with Crippen LogP contribution in [0.4, 0.5) is 4.39 Å². The molecule has 1 aromatic carbocycles. The molecule has 0 bridgehead atoms. The van der Waals surface area contributed by atoms with Crippen LogP contribution in [-0.2, 0) is 11.2 Å². The first-order valence-electron chi connectivity index (χ1n) is 6.48. The average molecular weight is 262 g/mol. The summed E-state index contributed by atoms with van der Waals surface area (Å²) >= 11 is 0. The molecule has 0 saturated carbocycles. The SMILES string of the molecule is CCN(CC(C)C#N)C(=O)CCc1ccc(F)cc1. The van der Waals surface area contributed by atoms with Crippen molar-refractivity contribution in [1.82, 2.24) is 4.90 Å². The first-order chi connectivity index (χ1) is 9.06. The lowest BCUT2D eigenvalue weighted by molar-refractivity contribution is -0.131. The van der Waals surface area contributed by atoms with Gasteiger partial charge in [0.2, 0.25) is 5.91 Å². The third-order valence-corrected chi connectivity index (χ3v) is 2.99. The van der Waals surface area contributed by atoms with Gasteiger partial charge in [-0.1, -0.05) is 12.1 Å². The van der Waals surface area contributed by atoms with Gasteiger partial charge in [-0.25, -0.2) is 4.39 Å². The van der Waals surface area contributed by atoms with E-state index in [1.165, 1.54) is 12.1 Å². The standard InChI is InChI=1S/C15H19FN2O/c1-3-18(11-12(2)10-17)15(19)9-6-13-4-7-14(16)8-5-13/h4-5,7-8,12H,3,6,9,11H2,1-2H3. The highest BCUT2D eigenvalue weighted by molar-refractivity contribution is 5.76. The minimum Gasteiger partial charge on any atom is -0.342 e. The first-order valence-corrected chi connectivity index (χ1v) is 6.48. The van der Waals surface area contributed by atoms with Crippen molar-refractivity contribution in [2.45, 2.75) is 26.7 Å². The summed E-state index contributed by atoms with van der Waals surface area (Å²) in [5.41, 5.74) is 0.944. The van der Waals surface area contributed by atoms with Gasteiger partial charge in [-0.3, -0.25) is 4.79 Å². The van der Waals surface area contributed by atoms with Crippen molar-refractivity contribution >= 4 is 5.91 Å². The normalized spacial score (nSPS) is 11.7. The smallest absolute Gasteiger partial charge is 0.222 e. The fourth-order valence-corrected chi connectivity index (χ4v) is 1.84. The number of nitriles is 1. The van der Waals surface area contributed by atoms with Gasteiger partial charge in [0.05, 0.1) is 12.0 Å². The molecule has 1 rings (SSSR count). The van der Waals surface area contributed by atoms with Crippen LogP contribution in [-0.4, -0.2) is 23.9 Å². The Kier molecular flexibility index (Phi) is 6.01. The summed E-state index contributed by atoms with van der Waals surface area (Å²) in [7, 11) is 0. The van der Waals surface area contributed by atoms with Crippen LogP contribution in [0.3, 0.4) is 0 Å². The Bertz CT molecular complexity index is 450. The van der Waals surface area contributed by atoms with Gasteiger partial charge in [0, 0.05) is 19.5 Å². The zero-order chi connectivity index (χ0) is 14.3. The summed E-state index contributed by atoms with van der Waals surface area (Å²) in [6.45, 7) is 4.78. The highest BCUT2D eigenvalue weighted by Gasteiger charge is 2.14. The second kappa shape index (κ2) is 7.52. The largest absolute Gasteiger partial charge is 0.342 e. The number of halogens is 1. The molecule has 1 atom stereocenters. The summed E-state index contributed by atoms with van der Waals surface area (Å²) < 4.78 is 12.7. The van der Waals surface area contributed by atoms with Gasteiger partial charge in [0.1, 0.15) is 5.82 Å². The van der Waals surface area contributed by atoms with Crippen LogP contribution in [0.2, 0.25) is 0 Å². The van der Waals surface area contributed by atoms with Crippen molar-refractivity contribution in [2.24, 2.45) is 5.92 Å². The molecule has 0 aliphatic heterocycles. The van der Waals surface area contributed by atoms with Crippen LogP contribution in [0.5, 0.6) is 0 Å². The molecule has 1 unspecified atom stereocenters. The molecule has 3 nitrogen and oxygen atoms in total. The van der Waals surface area contributed by atoms with Crippen molar-refractivity contribution in [3.8, 4) is 6.07 Å². The lowest BCUT2D eigenvalue weighted by atomic mass is 10.1. The molecule has 0 radical (unpaired) electrons. The minimum atomic E-state index is -0.270. The number of carbonyl (C=O) groups excluding carboxylic acids is 1. The molecule has 102 valence electrons. The van der Waals surface area contributed by atoms with Crippen LogP contribution in [0, 0.1) is 23.1 Å². The number of amides is 1. The van der Waals surface area contributed by atoms with Crippen LogP contribution < -0.4 is 0 Å². The predicted molar refractivity (Wildman–Crippen MR) is 71.8 cm³/mol. The Labute approximate surface area is 113 Å². The quantitative estimate of drug-likeness (QED) is 0.791. The maximum atomic E-state index is 12.7. The second-order valence-corrected chi connectivity index (χ2v) is 4.59. The topological polar surface area (TPSA) is 44.1 Å². The number of nitrogens with zero attached hydrogens (tertiary/aromatic N) is 2. The lowest BCUT2D eigenvalue weighted by Gasteiger charge is -2.22. The Morgan fingerprint density at radius 2 is 2.05 bits per heavy atom. The summed E-state index contributed by atoms with van der Waals surface area (Å²) in [5.74, 6) is -0.392. The monoisotopic (exact) mass is 262 g/mol. The van der Waals surface area contributed by atoms with Crippen molar-refractivity contribution in [1.29, 1.82) is 5.26 Å². The van der Waals surface area contributed by atoms with E-state index in [4.69, 9.17) is 5.26 Å². The number of carbonyl (C=O) groups is 1. The summed E-state index contributed by atoms with van der Waals surface area (Å²) in [4.78, 5) is 13.7. The molecule has 4 heteroatoms. The van der Waals surface area contributed by atoms with E-state index < -0.39 is 0 Å². The Balaban J connectivity index is 2.49. The molecule has 0 aliphatic rings. The predicted octanol–water partition coefficient (Wildman–Crippen LogP) is 2.77. The van der Waals surface area contributed by atoms with Gasteiger partial charge in [-0.15, -0.1) is 0 Å². The summed E-state index contributed by atoms with van der Waals surface area (Å²) in [5, 5.41) is 8.77. The van der Waals surface area contributed by atoms with Gasteiger partial charge in [0.25, 0.3) is 0 Å². The van der Waals surface area contributed by atoms with Gasteiger partial charge in [0.15, 0.2) is 0 Å². The van der Waals surface area contributed by atoms with Gasteiger partial charge < -0.3 is 4.90 Å². The van der Waals surface area contributed by atoms with Crippen molar-refractivity contribution < 1.29 is 9.18 Å². The van der Waals surface area contributed by atoms with Gasteiger partial charge in [-0.2, -0.15) is 5.26 Å². The summed E-state index contributed by atoms with van der Waals surface area (Å²) in [6.07, 6.45) is 0.980. The van der Waals surface area contributed by atoms with Gasteiger partial charge >= 0.3 is 0 Å². The van der Waals surface area contributed by atoms with Crippen molar-refractivity contribution in [2.75, 3.05) is 13.1 Å². The number of rotatable bonds is 6. The Morgan fingerprint density at radius 1 is 1.42 bits per heavy atom. The van der Waals surface area contributed by atoms with E-state index in [2.05, 4.69) is 6.07 Å². The zero-order valence-corrected chi connectivity index (χ0v) is 11.4. The lowest BCUT2D eigenvalue weighted by Crippen LogP contribution is -2.34. The Morgan fingerprint density at radius 3 is 2.58 bits per heavy atom. The molecule has 0 saturated heterocycles. The minimum absolute atomic E-state index is 0.0360. The van der Waals surface area contributed by atoms with Crippen molar-refractivity contribution in [3.05, 3.63) is 35.6 Å². The molecule has 0 fully saturated rings. The third-order valence-electron chi connectivity index (χ3n) is 2.99. The molecule has 0 heterocycles. The number of hydrogen-bond donors (Lipinski definition) is 0. The Hall–Kier alpha value is -1.89. The van der Waals surface area contributed by atoms with Gasteiger partial charge in [-0.05, 0) is 38.0 Å². The van der Waals surface area contributed by atoms with E-state index in [-0.39, 0.29) is 17.6 Å². The average Bonchev–Trinajstić information content (AvgIpc) is 2.43. The highest BCUT2D eigenvalue weighted by atomic mass is 19.1. The van der Waals surface area contributed by atoms with Crippen LogP contribution in [0.15, 0.2) is 24.3 Å². The first kappa shape index (κ1) is 15.2. The third kappa shape index (κ3) is 5.09. The summed E-state index contributed by atoms with van der Waals surface area (Å²) in [6, 6.07) is 8.31. The molecular formula is C15H19FN2O. The van der Waals surface area contributed by atoms with E-state index in [9.17, 15) is 9.18 Å². The van der Waals surface area contributed by atoms with E-state index in [0.29, 0.717) is 25.9 Å². The van der Waals surface area contributed by atoms with Crippen LogP contribution in [0.1, 0.15) is 25.8 Å². The molecule has 0 aromatic heterocycles. The fourth-order valence-electron chi connectivity index (χ4n) is 1.84. The second-order valence-electron chi connectivity index (χ2n) is 4.59. The van der Waals surface area contributed by atoms with E-state index in [1.807, 2.05) is 6.92 Å². The molecule has 1 amide bonds. The number of aryl methyl sites for hydroxylation is 1. The van der Waals surface area contributed by atoms with Crippen LogP contribution >= 0.6 is 0 Å². The molecule has 19 heavy (non-hydrogen) atoms. The fraction of sp³-hybridized carbons (Fsp3) is 0.467. The number of hydrogen-bond acceptors (Lipinski definition) is 2. The van der Waals surface area contributed by atoms with E-state index in [1.54, 1.807) is 24.0 Å². The molecule has 0 aliphatic carbocycles. The molecule has 0 spiro atoms. The van der Waals surface area contributed by atoms with Crippen LogP contribution in [0.25, 0.3) is 0 Å². The molecule has 0 N–H and O–H groups in total. The van der Waals surface area contributed by atoms with E-state index >= 15 is 0 Å². The molecular weight excluding hydrogens is 243 g/mol. The van der Waals surface area contributed by atoms with Crippen molar-refractivity contribution in [3.63, 3.8) is 0 Å².